The van der Waals surface area contributed by atoms with Gasteiger partial charge in [-0.25, -0.2) is 0 Å². The second-order valence-corrected chi connectivity index (χ2v) is 10.9. The van der Waals surface area contributed by atoms with Gasteiger partial charge in [-0.3, -0.25) is 4.99 Å². The maximum absolute atomic E-state index is 5.13. The molecule has 0 amide bonds. The molecule has 0 aliphatic carbocycles. The molecule has 3 aromatic rings. The van der Waals surface area contributed by atoms with Crippen molar-refractivity contribution in [2.45, 2.75) is 53.0 Å². The number of aliphatic imine (C=N–C) groups is 1. The maximum Gasteiger partial charge on any atom is 0.0911 e. The summed E-state index contributed by atoms with van der Waals surface area (Å²) in [6.45, 7) is 13.6. The number of hydrogen-bond donors (Lipinski definition) is 3. The van der Waals surface area contributed by atoms with Gasteiger partial charge in [0.05, 0.1) is 28.8 Å². The molecule has 0 saturated heterocycles. The van der Waals surface area contributed by atoms with Gasteiger partial charge in [-0.1, -0.05) is 47.6 Å². The van der Waals surface area contributed by atoms with Gasteiger partial charge in [-0.2, -0.15) is 0 Å². The molecule has 1 unspecified atom stereocenters. The van der Waals surface area contributed by atoms with Gasteiger partial charge < -0.3 is 15.0 Å². The minimum Gasteiger partial charge on any atom is -0.354 e. The van der Waals surface area contributed by atoms with Crippen LogP contribution in [0.25, 0.3) is 29.6 Å². The van der Waals surface area contributed by atoms with Crippen LogP contribution in [0.2, 0.25) is 0 Å². The van der Waals surface area contributed by atoms with E-state index in [0.717, 1.165) is 39.9 Å². The van der Waals surface area contributed by atoms with Crippen molar-refractivity contribution in [2.75, 3.05) is 0 Å². The molecular weight excluding hydrogens is 392 g/mol. The quantitative estimate of drug-likeness (QED) is 0.349. The summed E-state index contributed by atoms with van der Waals surface area (Å²) in [4.78, 5) is 15.8. The third kappa shape index (κ3) is 3.75. The zero-order valence-electron chi connectivity index (χ0n) is 19.8. The third-order valence-electron chi connectivity index (χ3n) is 6.28. The minimum absolute atomic E-state index is 0.0215. The molecule has 0 fully saturated rings. The van der Waals surface area contributed by atoms with Crippen molar-refractivity contribution in [3.63, 3.8) is 0 Å². The molecule has 164 valence electrons. The van der Waals surface area contributed by atoms with Crippen LogP contribution < -0.4 is 0 Å². The lowest BCUT2D eigenvalue weighted by Gasteiger charge is -2.23. The molecule has 3 N–H and O–H groups in total. The van der Waals surface area contributed by atoms with Gasteiger partial charge in [0, 0.05) is 17.1 Å². The lowest BCUT2D eigenvalue weighted by Crippen LogP contribution is -2.17. The summed E-state index contributed by atoms with van der Waals surface area (Å²) in [5, 5.41) is 0. The van der Waals surface area contributed by atoms with Crippen molar-refractivity contribution in [3.05, 3.63) is 76.4 Å². The number of aromatic amines is 3. The number of H-pyrrole nitrogens is 3. The number of hydrogen-bond acceptors (Lipinski definition) is 1. The fraction of sp³-hybridized carbons (Fsp3) is 0.321. The molecule has 2 aliphatic heterocycles. The first kappa shape index (κ1) is 20.6. The molecule has 3 aromatic heterocycles. The lowest BCUT2D eigenvalue weighted by atomic mass is 9.82. The van der Waals surface area contributed by atoms with Crippen molar-refractivity contribution < 1.29 is 0 Å². The van der Waals surface area contributed by atoms with Crippen molar-refractivity contribution >= 4 is 23.9 Å². The third-order valence-corrected chi connectivity index (χ3v) is 6.28. The van der Waals surface area contributed by atoms with E-state index in [1.54, 1.807) is 0 Å². The Labute approximate surface area is 190 Å². The molecule has 32 heavy (non-hydrogen) atoms. The first-order valence-electron chi connectivity index (χ1n) is 11.4. The molecule has 2 aliphatic rings. The molecule has 5 heterocycles. The van der Waals surface area contributed by atoms with Crippen LogP contribution in [0.4, 0.5) is 0 Å². The summed E-state index contributed by atoms with van der Waals surface area (Å²) in [7, 11) is 0. The van der Waals surface area contributed by atoms with Gasteiger partial charge in [0.15, 0.2) is 0 Å². The van der Waals surface area contributed by atoms with Crippen molar-refractivity contribution in [2.24, 2.45) is 10.4 Å². The molecule has 0 aromatic carbocycles. The number of nitrogens with zero attached hydrogens (tertiary/aromatic N) is 1. The molecule has 4 nitrogen and oxygen atoms in total. The fourth-order valence-electron chi connectivity index (χ4n) is 4.50. The Bertz CT molecular complexity index is 1290. The first-order valence-corrected chi connectivity index (χ1v) is 11.4. The van der Waals surface area contributed by atoms with E-state index in [9.17, 15) is 0 Å². The number of nitrogens with one attached hydrogen (secondary N) is 3. The zero-order valence-corrected chi connectivity index (χ0v) is 19.8. The van der Waals surface area contributed by atoms with Gasteiger partial charge in [-0.15, -0.1) is 0 Å². The first-order chi connectivity index (χ1) is 15.1. The normalized spacial score (nSPS) is 18.1. The van der Waals surface area contributed by atoms with Crippen molar-refractivity contribution in [1.82, 2.24) is 15.0 Å². The number of rotatable bonds is 0. The Balaban J connectivity index is 1.70. The number of allylic oxidation sites excluding steroid dienone is 1. The molecule has 0 spiro atoms. The summed E-state index contributed by atoms with van der Waals surface area (Å²) in [5.41, 5.74) is 10.2. The summed E-state index contributed by atoms with van der Waals surface area (Å²) in [6.07, 6.45) is 10.9. The molecule has 0 saturated carbocycles. The molecule has 8 bridgehead atoms. The summed E-state index contributed by atoms with van der Waals surface area (Å²) in [5.74, 6) is 0. The SMILES string of the molecule is CC(C)(C)C1=CC2=NC1C=Cc1ccc([nH]1)-c1ccc([nH]1)C=Cc1[nH]c2cc1C(C)(C)C. The van der Waals surface area contributed by atoms with E-state index >= 15 is 0 Å². The van der Waals surface area contributed by atoms with Crippen LogP contribution >= 0.6 is 0 Å². The summed E-state index contributed by atoms with van der Waals surface area (Å²) < 4.78 is 0. The Kier molecular flexibility index (Phi) is 4.59. The van der Waals surface area contributed by atoms with E-state index in [4.69, 9.17) is 4.99 Å². The molecular formula is C28H32N4. The number of fused-ring (bicyclic) bond motifs is 9. The monoisotopic (exact) mass is 424 g/mol. The van der Waals surface area contributed by atoms with E-state index in [-0.39, 0.29) is 16.9 Å². The van der Waals surface area contributed by atoms with E-state index in [1.165, 1.54) is 11.1 Å². The van der Waals surface area contributed by atoms with Crippen LogP contribution in [0, 0.1) is 5.41 Å². The van der Waals surface area contributed by atoms with Gasteiger partial charge in [0.2, 0.25) is 0 Å². The highest BCUT2D eigenvalue weighted by Crippen LogP contribution is 2.36. The highest BCUT2D eigenvalue weighted by atomic mass is 14.9. The number of aromatic nitrogens is 3. The van der Waals surface area contributed by atoms with E-state index in [1.807, 2.05) is 0 Å². The Morgan fingerprint density at radius 3 is 2.00 bits per heavy atom. The fourth-order valence-corrected chi connectivity index (χ4v) is 4.50. The molecule has 5 rings (SSSR count). The van der Waals surface area contributed by atoms with Crippen LogP contribution in [-0.2, 0) is 5.41 Å². The summed E-state index contributed by atoms with van der Waals surface area (Å²) in [6, 6.07) is 10.8. The van der Waals surface area contributed by atoms with Gasteiger partial charge in [-0.05, 0) is 76.6 Å². The van der Waals surface area contributed by atoms with Crippen LogP contribution in [0.3, 0.4) is 0 Å². The predicted octanol–water partition coefficient (Wildman–Crippen LogP) is 6.98. The van der Waals surface area contributed by atoms with Crippen LogP contribution in [0.15, 0.2) is 53.0 Å². The minimum atomic E-state index is 0.0215. The van der Waals surface area contributed by atoms with Gasteiger partial charge in [0.25, 0.3) is 0 Å². The van der Waals surface area contributed by atoms with Crippen LogP contribution in [0.5, 0.6) is 0 Å². The predicted molar refractivity (Wildman–Crippen MR) is 136 cm³/mol. The molecule has 4 heteroatoms. The average molecular weight is 425 g/mol. The Morgan fingerprint density at radius 2 is 1.38 bits per heavy atom. The average Bonchev–Trinajstić information content (AvgIpc) is 3.48. The van der Waals surface area contributed by atoms with Crippen LogP contribution in [-0.4, -0.2) is 26.7 Å². The van der Waals surface area contributed by atoms with Gasteiger partial charge in [0.1, 0.15) is 0 Å². The van der Waals surface area contributed by atoms with Crippen molar-refractivity contribution in [1.29, 1.82) is 0 Å². The molecule has 0 radical (unpaired) electrons. The second kappa shape index (κ2) is 7.13. The highest BCUT2D eigenvalue weighted by molar-refractivity contribution is 6.10. The van der Waals surface area contributed by atoms with Crippen LogP contribution in [0.1, 0.15) is 69.9 Å². The topological polar surface area (TPSA) is 59.7 Å². The maximum atomic E-state index is 5.13. The largest absolute Gasteiger partial charge is 0.354 e. The zero-order chi connectivity index (χ0) is 22.7. The summed E-state index contributed by atoms with van der Waals surface area (Å²) >= 11 is 0. The van der Waals surface area contributed by atoms with E-state index < -0.39 is 0 Å². The standard InChI is InChI=1S/C28H32N4/c1-27(2,3)19-15-25-26-16-20(28(4,5)6)22(32-26)12-8-18-10-14-24(30-18)23-13-9-17(29-23)7-11-21(19)31-25/h7-16,21,29-30,32H,1-6H3. The van der Waals surface area contributed by atoms with E-state index in [0.29, 0.717) is 0 Å². The highest BCUT2D eigenvalue weighted by Gasteiger charge is 2.30. The Hall–Kier alpha value is -3.27. The second-order valence-electron chi connectivity index (χ2n) is 10.9. The van der Waals surface area contributed by atoms with E-state index in [2.05, 4.69) is 117 Å². The molecule has 1 atom stereocenters. The van der Waals surface area contributed by atoms with Gasteiger partial charge >= 0.3 is 0 Å². The smallest absolute Gasteiger partial charge is 0.0911 e. The van der Waals surface area contributed by atoms with Crippen molar-refractivity contribution in [3.8, 4) is 11.4 Å². The lowest BCUT2D eigenvalue weighted by molar-refractivity contribution is 0.484. The Morgan fingerprint density at radius 1 is 0.719 bits per heavy atom.